The van der Waals surface area contributed by atoms with E-state index in [0.29, 0.717) is 10.8 Å². The van der Waals surface area contributed by atoms with Gasteiger partial charge < -0.3 is 0 Å². The molecular formula is C10H6BrClN4S. The van der Waals surface area contributed by atoms with Gasteiger partial charge in [0, 0.05) is 12.4 Å². The van der Waals surface area contributed by atoms with Crippen molar-refractivity contribution in [1.29, 1.82) is 0 Å². The lowest BCUT2D eigenvalue weighted by molar-refractivity contribution is 1.12. The van der Waals surface area contributed by atoms with E-state index in [1.54, 1.807) is 23.7 Å². The van der Waals surface area contributed by atoms with Crippen LogP contribution in [-0.2, 0) is 0 Å². The summed E-state index contributed by atoms with van der Waals surface area (Å²) in [6, 6.07) is 2.07. The SMILES string of the molecule is Cc1cc(-c2nnc3c(Cl)nccn23)sc1Br. The summed E-state index contributed by atoms with van der Waals surface area (Å²) in [5.74, 6) is 0.781. The molecule has 0 N–H and O–H groups in total. The number of aryl methyl sites for hydroxylation is 1. The van der Waals surface area contributed by atoms with Crippen LogP contribution in [0.3, 0.4) is 0 Å². The van der Waals surface area contributed by atoms with Crippen molar-refractivity contribution in [2.45, 2.75) is 6.92 Å². The smallest absolute Gasteiger partial charge is 0.198 e. The molecule has 0 saturated carbocycles. The molecule has 3 heterocycles. The summed E-state index contributed by atoms with van der Waals surface area (Å²) >= 11 is 11.1. The minimum absolute atomic E-state index is 0.360. The monoisotopic (exact) mass is 328 g/mol. The van der Waals surface area contributed by atoms with Crippen LogP contribution in [-0.4, -0.2) is 19.6 Å². The van der Waals surface area contributed by atoms with Crippen molar-refractivity contribution >= 4 is 44.5 Å². The highest BCUT2D eigenvalue weighted by Crippen LogP contribution is 2.34. The topological polar surface area (TPSA) is 43.1 Å². The molecule has 4 nitrogen and oxygen atoms in total. The highest BCUT2D eigenvalue weighted by molar-refractivity contribution is 9.11. The van der Waals surface area contributed by atoms with Gasteiger partial charge in [-0.15, -0.1) is 21.5 Å². The van der Waals surface area contributed by atoms with Crippen LogP contribution in [0.4, 0.5) is 0 Å². The van der Waals surface area contributed by atoms with E-state index >= 15 is 0 Å². The molecule has 3 rings (SSSR count). The minimum atomic E-state index is 0.360. The molecule has 17 heavy (non-hydrogen) atoms. The van der Waals surface area contributed by atoms with Gasteiger partial charge in [0.1, 0.15) is 0 Å². The molecular weight excluding hydrogens is 324 g/mol. The van der Waals surface area contributed by atoms with E-state index < -0.39 is 0 Å². The first-order valence-electron chi connectivity index (χ1n) is 4.78. The molecule has 3 aromatic rings. The third-order valence-electron chi connectivity index (χ3n) is 2.36. The average molecular weight is 330 g/mol. The zero-order chi connectivity index (χ0) is 12.0. The van der Waals surface area contributed by atoms with Gasteiger partial charge in [-0.25, -0.2) is 4.98 Å². The van der Waals surface area contributed by atoms with E-state index in [9.17, 15) is 0 Å². The van der Waals surface area contributed by atoms with E-state index in [1.165, 1.54) is 5.56 Å². The average Bonchev–Trinajstić information content (AvgIpc) is 2.85. The normalized spacial score (nSPS) is 11.2. The van der Waals surface area contributed by atoms with Gasteiger partial charge in [-0.1, -0.05) is 11.6 Å². The zero-order valence-electron chi connectivity index (χ0n) is 8.69. The van der Waals surface area contributed by atoms with Crippen molar-refractivity contribution in [2.75, 3.05) is 0 Å². The second-order valence-corrected chi connectivity index (χ2v) is 6.23. The van der Waals surface area contributed by atoms with Crippen LogP contribution in [0, 0.1) is 6.92 Å². The fourth-order valence-corrected chi connectivity index (χ4v) is 3.24. The Balaban J connectivity index is 2.28. The van der Waals surface area contributed by atoms with Crippen molar-refractivity contribution in [3.05, 3.63) is 33.0 Å². The molecule has 0 bridgehead atoms. The molecule has 0 aliphatic heterocycles. The maximum atomic E-state index is 5.95. The molecule has 0 amide bonds. The molecule has 0 aliphatic rings. The number of thiophene rings is 1. The second kappa shape index (κ2) is 4.04. The maximum Gasteiger partial charge on any atom is 0.198 e. The molecule has 0 aromatic carbocycles. The summed E-state index contributed by atoms with van der Waals surface area (Å²) in [5, 5.41) is 8.56. The van der Waals surface area contributed by atoms with Crippen molar-refractivity contribution in [3.63, 3.8) is 0 Å². The molecule has 0 fully saturated rings. The number of rotatable bonds is 1. The molecule has 0 aliphatic carbocycles. The van der Waals surface area contributed by atoms with Crippen LogP contribution < -0.4 is 0 Å². The van der Waals surface area contributed by atoms with Gasteiger partial charge in [0.2, 0.25) is 0 Å². The number of hydrogen-bond donors (Lipinski definition) is 0. The molecule has 7 heteroatoms. The molecule has 0 atom stereocenters. The fourth-order valence-electron chi connectivity index (χ4n) is 1.53. The van der Waals surface area contributed by atoms with Crippen LogP contribution in [0.15, 0.2) is 22.2 Å². The van der Waals surface area contributed by atoms with E-state index in [-0.39, 0.29) is 0 Å². The van der Waals surface area contributed by atoms with Gasteiger partial charge >= 0.3 is 0 Å². The van der Waals surface area contributed by atoms with Crippen molar-refractivity contribution in [2.24, 2.45) is 0 Å². The predicted molar refractivity (Wildman–Crippen MR) is 71.5 cm³/mol. The summed E-state index contributed by atoms with van der Waals surface area (Å²) in [5.41, 5.74) is 1.76. The van der Waals surface area contributed by atoms with Gasteiger partial charge in [0.25, 0.3) is 0 Å². The standard InChI is InChI=1S/C10H6BrClN4S/c1-5-4-6(17-7(5)11)9-14-15-10-8(12)13-2-3-16(9)10/h2-4H,1H3. The highest BCUT2D eigenvalue weighted by Gasteiger charge is 2.13. The third kappa shape index (κ3) is 1.76. The van der Waals surface area contributed by atoms with E-state index in [0.717, 1.165) is 14.5 Å². The molecule has 0 spiro atoms. The first kappa shape index (κ1) is 11.1. The lowest BCUT2D eigenvalue weighted by Crippen LogP contribution is -1.89. The number of hydrogen-bond acceptors (Lipinski definition) is 4. The quantitative estimate of drug-likeness (QED) is 0.685. The molecule has 0 saturated heterocycles. The van der Waals surface area contributed by atoms with Crippen LogP contribution in [0.25, 0.3) is 16.3 Å². The Morgan fingerprint density at radius 2 is 2.24 bits per heavy atom. The van der Waals surface area contributed by atoms with Gasteiger partial charge in [0.05, 0.1) is 8.66 Å². The number of halogens is 2. The van der Waals surface area contributed by atoms with Crippen molar-refractivity contribution in [1.82, 2.24) is 19.6 Å². The lowest BCUT2D eigenvalue weighted by Gasteiger charge is -1.96. The minimum Gasteiger partial charge on any atom is -0.278 e. The first-order valence-corrected chi connectivity index (χ1v) is 6.77. The predicted octanol–water partition coefficient (Wildman–Crippen LogP) is 3.58. The largest absolute Gasteiger partial charge is 0.278 e. The molecule has 0 unspecified atom stereocenters. The lowest BCUT2D eigenvalue weighted by atomic mass is 10.3. The van der Waals surface area contributed by atoms with Gasteiger partial charge in [-0.05, 0) is 34.5 Å². The summed E-state index contributed by atoms with van der Waals surface area (Å²) in [6.45, 7) is 2.04. The maximum absolute atomic E-state index is 5.95. The van der Waals surface area contributed by atoms with E-state index in [1.807, 2.05) is 11.3 Å². The number of fused-ring (bicyclic) bond motifs is 1. The summed E-state index contributed by atoms with van der Waals surface area (Å²) < 4.78 is 2.94. The highest BCUT2D eigenvalue weighted by atomic mass is 79.9. The summed E-state index contributed by atoms with van der Waals surface area (Å²) in [7, 11) is 0. The summed E-state index contributed by atoms with van der Waals surface area (Å²) in [4.78, 5) is 5.02. The van der Waals surface area contributed by atoms with Gasteiger partial charge in [-0.3, -0.25) is 4.40 Å². The Hall–Kier alpha value is -0.980. The summed E-state index contributed by atoms with van der Waals surface area (Å²) in [6.07, 6.45) is 3.44. The number of nitrogens with zero attached hydrogens (tertiary/aromatic N) is 4. The van der Waals surface area contributed by atoms with Crippen LogP contribution >= 0.6 is 38.9 Å². The van der Waals surface area contributed by atoms with Crippen LogP contribution in [0.1, 0.15) is 5.56 Å². The van der Waals surface area contributed by atoms with Gasteiger partial charge in [0.15, 0.2) is 16.6 Å². The molecule has 0 radical (unpaired) electrons. The molecule has 86 valence electrons. The number of aromatic nitrogens is 4. The van der Waals surface area contributed by atoms with Crippen LogP contribution in [0.2, 0.25) is 5.15 Å². The second-order valence-electron chi connectivity index (χ2n) is 3.50. The molecule has 3 aromatic heterocycles. The van der Waals surface area contributed by atoms with Gasteiger partial charge in [-0.2, -0.15) is 0 Å². The third-order valence-corrected chi connectivity index (χ3v) is 4.76. The Kier molecular flexibility index (Phi) is 2.65. The van der Waals surface area contributed by atoms with Crippen LogP contribution in [0.5, 0.6) is 0 Å². The Morgan fingerprint density at radius 3 is 2.94 bits per heavy atom. The Morgan fingerprint density at radius 1 is 1.41 bits per heavy atom. The zero-order valence-corrected chi connectivity index (χ0v) is 11.8. The van der Waals surface area contributed by atoms with E-state index in [2.05, 4.69) is 37.2 Å². The van der Waals surface area contributed by atoms with Crippen molar-refractivity contribution < 1.29 is 0 Å². The fraction of sp³-hybridized carbons (Fsp3) is 0.100. The van der Waals surface area contributed by atoms with Crippen molar-refractivity contribution in [3.8, 4) is 10.7 Å². The Labute approximate surface area is 114 Å². The first-order chi connectivity index (χ1) is 8.16. The Bertz CT molecular complexity index is 686. The van der Waals surface area contributed by atoms with E-state index in [4.69, 9.17) is 11.6 Å².